The molecule has 0 aromatic carbocycles. The van der Waals surface area contributed by atoms with Crippen LogP contribution in [0.5, 0.6) is 0 Å². The van der Waals surface area contributed by atoms with E-state index in [1.807, 2.05) is 0 Å². The minimum Gasteiger partial charge on any atom is -0.378 e. The van der Waals surface area contributed by atoms with Crippen LogP contribution in [0.25, 0.3) is 0 Å². The van der Waals surface area contributed by atoms with E-state index in [2.05, 4.69) is 53.1 Å². The Labute approximate surface area is 192 Å². The Kier molecular flexibility index (Phi) is 9.65. The molecule has 1 aromatic rings. The van der Waals surface area contributed by atoms with Gasteiger partial charge in [-0.1, -0.05) is 20.3 Å². The van der Waals surface area contributed by atoms with Gasteiger partial charge in [-0.2, -0.15) is 0 Å². The molecule has 0 saturated heterocycles. The Hall–Kier alpha value is -0.900. The van der Waals surface area contributed by atoms with Gasteiger partial charge in [-0.15, -0.1) is 34.2 Å². The van der Waals surface area contributed by atoms with Gasteiger partial charge in [0.1, 0.15) is 12.4 Å². The molecule has 1 aliphatic carbocycles. The summed E-state index contributed by atoms with van der Waals surface area (Å²) in [6.07, 6.45) is 8.34. The molecule has 0 radical (unpaired) electrons. The van der Waals surface area contributed by atoms with E-state index in [4.69, 9.17) is 9.73 Å². The first-order valence-electron chi connectivity index (χ1n) is 11.3. The number of nitrogens with zero attached hydrogens (tertiary/aromatic N) is 4. The number of guanidine groups is 1. The number of hydrogen-bond donors (Lipinski definition) is 2. The summed E-state index contributed by atoms with van der Waals surface area (Å²) in [4.78, 5) is 4.85. The second-order valence-electron chi connectivity index (χ2n) is 8.01. The fraction of sp³-hybridized carbons (Fsp3) is 0.857. The van der Waals surface area contributed by atoms with Crippen molar-refractivity contribution in [2.75, 3.05) is 13.2 Å². The molecular formula is C21H39IN6O. The van der Waals surface area contributed by atoms with Gasteiger partial charge in [0.2, 0.25) is 0 Å². The molecule has 29 heavy (non-hydrogen) atoms. The van der Waals surface area contributed by atoms with E-state index in [1.165, 1.54) is 19.3 Å². The lowest BCUT2D eigenvalue weighted by Gasteiger charge is -2.55. The average Bonchev–Trinajstić information content (AvgIpc) is 2.92. The molecule has 3 rings (SSSR count). The third-order valence-electron chi connectivity index (χ3n) is 6.69. The van der Waals surface area contributed by atoms with Gasteiger partial charge < -0.3 is 19.9 Å². The summed E-state index contributed by atoms with van der Waals surface area (Å²) in [5, 5.41) is 15.9. The van der Waals surface area contributed by atoms with Crippen LogP contribution in [0.1, 0.15) is 77.9 Å². The Morgan fingerprint density at radius 3 is 2.66 bits per heavy atom. The number of fused-ring (bicyclic) bond motifs is 1. The summed E-state index contributed by atoms with van der Waals surface area (Å²) >= 11 is 0. The number of aromatic nitrogens is 3. The van der Waals surface area contributed by atoms with Crippen molar-refractivity contribution in [2.24, 2.45) is 10.4 Å². The SMILES string of the molecule is CCNC(=NCc1nnc2n1CCCCC2)NC1CC(OCC)C1(CC)CC.I. The molecule has 166 valence electrons. The van der Waals surface area contributed by atoms with Crippen LogP contribution in [0.15, 0.2) is 4.99 Å². The van der Waals surface area contributed by atoms with Crippen LogP contribution >= 0.6 is 24.0 Å². The normalized spacial score (nSPS) is 23.4. The van der Waals surface area contributed by atoms with Crippen molar-refractivity contribution >= 4 is 29.9 Å². The molecule has 2 N–H and O–H groups in total. The molecule has 1 aromatic heterocycles. The van der Waals surface area contributed by atoms with Crippen LogP contribution in [0, 0.1) is 5.41 Å². The van der Waals surface area contributed by atoms with Crippen LogP contribution in [0.3, 0.4) is 0 Å². The standard InChI is InChI=1S/C21H38N6O.HI/c1-5-21(6-2)16(14-17(21)28-8-4)24-20(22-7-3)23-15-19-26-25-18-12-10-9-11-13-27(18)19;/h16-17H,5-15H2,1-4H3,(H2,22,23,24);1H. The van der Waals surface area contributed by atoms with Crippen LogP contribution in [0.2, 0.25) is 0 Å². The maximum absolute atomic E-state index is 6.02. The quantitative estimate of drug-likeness (QED) is 0.312. The number of ether oxygens (including phenoxy) is 1. The summed E-state index contributed by atoms with van der Waals surface area (Å²) < 4.78 is 8.29. The van der Waals surface area contributed by atoms with Gasteiger partial charge in [0.15, 0.2) is 11.8 Å². The van der Waals surface area contributed by atoms with Gasteiger partial charge in [-0.05, 0) is 46.0 Å². The summed E-state index contributed by atoms with van der Waals surface area (Å²) in [6.45, 7) is 12.0. The predicted octanol–water partition coefficient (Wildman–Crippen LogP) is 3.66. The van der Waals surface area contributed by atoms with Gasteiger partial charge >= 0.3 is 0 Å². The van der Waals surface area contributed by atoms with Crippen LogP contribution in [-0.4, -0.2) is 46.0 Å². The van der Waals surface area contributed by atoms with E-state index in [0.717, 1.165) is 63.0 Å². The minimum atomic E-state index is 0. The zero-order chi connectivity index (χ0) is 20.0. The van der Waals surface area contributed by atoms with Gasteiger partial charge in [0, 0.05) is 37.6 Å². The van der Waals surface area contributed by atoms with E-state index in [1.54, 1.807) is 0 Å². The molecule has 8 heteroatoms. The molecule has 0 amide bonds. The maximum Gasteiger partial charge on any atom is 0.191 e. The number of halogens is 1. The number of aliphatic imine (C=N–C) groups is 1. The third-order valence-corrected chi connectivity index (χ3v) is 6.69. The van der Waals surface area contributed by atoms with E-state index >= 15 is 0 Å². The highest BCUT2D eigenvalue weighted by Crippen LogP contribution is 2.48. The van der Waals surface area contributed by atoms with Crippen molar-refractivity contribution in [3.63, 3.8) is 0 Å². The predicted molar refractivity (Wildman–Crippen MR) is 128 cm³/mol. The van der Waals surface area contributed by atoms with Gasteiger partial charge in [-0.25, -0.2) is 4.99 Å². The number of hydrogen-bond acceptors (Lipinski definition) is 4. The van der Waals surface area contributed by atoms with E-state index < -0.39 is 0 Å². The Morgan fingerprint density at radius 2 is 1.97 bits per heavy atom. The largest absolute Gasteiger partial charge is 0.378 e. The lowest BCUT2D eigenvalue weighted by Crippen LogP contribution is -2.65. The molecule has 2 atom stereocenters. The molecule has 0 bridgehead atoms. The summed E-state index contributed by atoms with van der Waals surface area (Å²) in [5.74, 6) is 2.97. The van der Waals surface area contributed by atoms with E-state index in [9.17, 15) is 0 Å². The first-order chi connectivity index (χ1) is 13.7. The van der Waals surface area contributed by atoms with Crippen LogP contribution < -0.4 is 10.6 Å². The zero-order valence-electron chi connectivity index (χ0n) is 18.5. The van der Waals surface area contributed by atoms with Crippen molar-refractivity contribution < 1.29 is 4.74 Å². The molecule has 1 fully saturated rings. The molecule has 0 spiro atoms. The van der Waals surface area contributed by atoms with Crippen LogP contribution in [-0.2, 0) is 24.2 Å². The number of rotatable bonds is 8. The number of aryl methyl sites for hydroxylation is 1. The van der Waals surface area contributed by atoms with Crippen LogP contribution in [0.4, 0.5) is 0 Å². The van der Waals surface area contributed by atoms with Crippen molar-refractivity contribution in [2.45, 2.75) is 97.9 Å². The van der Waals surface area contributed by atoms with Crippen molar-refractivity contribution in [3.8, 4) is 0 Å². The van der Waals surface area contributed by atoms with E-state index in [-0.39, 0.29) is 29.4 Å². The first kappa shape index (κ1) is 24.4. The average molecular weight is 518 g/mol. The fourth-order valence-electron chi connectivity index (χ4n) is 4.88. The highest BCUT2D eigenvalue weighted by molar-refractivity contribution is 14.0. The van der Waals surface area contributed by atoms with Crippen molar-refractivity contribution in [1.29, 1.82) is 0 Å². The first-order valence-corrected chi connectivity index (χ1v) is 11.3. The monoisotopic (exact) mass is 518 g/mol. The molecule has 2 aliphatic rings. The van der Waals surface area contributed by atoms with Gasteiger partial charge in [0.25, 0.3) is 0 Å². The molecular weight excluding hydrogens is 479 g/mol. The molecule has 7 nitrogen and oxygen atoms in total. The minimum absolute atomic E-state index is 0. The highest BCUT2D eigenvalue weighted by Gasteiger charge is 2.53. The Morgan fingerprint density at radius 1 is 1.17 bits per heavy atom. The molecule has 2 unspecified atom stereocenters. The summed E-state index contributed by atoms with van der Waals surface area (Å²) in [6, 6.07) is 0.396. The second-order valence-corrected chi connectivity index (χ2v) is 8.01. The Balaban J connectivity index is 0.00000300. The topological polar surface area (TPSA) is 76.4 Å². The molecule has 1 aliphatic heterocycles. The maximum atomic E-state index is 6.02. The lowest BCUT2D eigenvalue weighted by atomic mass is 9.58. The fourth-order valence-corrected chi connectivity index (χ4v) is 4.88. The zero-order valence-corrected chi connectivity index (χ0v) is 20.9. The Bertz CT molecular complexity index is 658. The van der Waals surface area contributed by atoms with Crippen molar-refractivity contribution in [1.82, 2.24) is 25.4 Å². The van der Waals surface area contributed by atoms with Gasteiger partial charge in [0.05, 0.1) is 6.10 Å². The molecule has 2 heterocycles. The third kappa shape index (κ3) is 5.24. The summed E-state index contributed by atoms with van der Waals surface area (Å²) in [7, 11) is 0. The second kappa shape index (κ2) is 11.5. The van der Waals surface area contributed by atoms with E-state index in [0.29, 0.717) is 18.7 Å². The summed E-state index contributed by atoms with van der Waals surface area (Å²) in [5.41, 5.74) is 0.193. The number of nitrogens with one attached hydrogen (secondary N) is 2. The highest BCUT2D eigenvalue weighted by atomic mass is 127. The lowest BCUT2D eigenvalue weighted by molar-refractivity contribution is -0.133. The van der Waals surface area contributed by atoms with Gasteiger partial charge in [-0.3, -0.25) is 0 Å². The smallest absolute Gasteiger partial charge is 0.191 e. The molecule has 1 saturated carbocycles. The van der Waals surface area contributed by atoms with Crippen molar-refractivity contribution in [3.05, 3.63) is 11.6 Å².